The van der Waals surface area contributed by atoms with Crippen LogP contribution in [0.4, 0.5) is 4.39 Å². The first-order chi connectivity index (χ1) is 14.1. The molecule has 4 aromatic rings. The molecule has 0 saturated heterocycles. The van der Waals surface area contributed by atoms with E-state index >= 15 is 0 Å². The van der Waals surface area contributed by atoms with Crippen LogP contribution in [0.15, 0.2) is 84.0 Å². The highest BCUT2D eigenvalue weighted by Crippen LogP contribution is 2.27. The normalized spacial score (nSPS) is 11.1. The van der Waals surface area contributed by atoms with Gasteiger partial charge in [0.25, 0.3) is 5.91 Å². The van der Waals surface area contributed by atoms with Gasteiger partial charge in [-0.2, -0.15) is 5.10 Å². The van der Waals surface area contributed by atoms with Crippen molar-refractivity contribution in [3.63, 3.8) is 0 Å². The SMILES string of the molecule is Cc1ccccc1-c1cc(C(=O)N/N=C\c2cccc(F)c2)c2ccccc2n1. The molecule has 0 aliphatic heterocycles. The third kappa shape index (κ3) is 4.04. The number of nitrogens with one attached hydrogen (secondary N) is 1. The maximum absolute atomic E-state index is 13.3. The number of carbonyl (C=O) groups is 1. The second-order valence-electron chi connectivity index (χ2n) is 6.64. The lowest BCUT2D eigenvalue weighted by molar-refractivity contribution is 0.0956. The van der Waals surface area contributed by atoms with Crippen LogP contribution in [0, 0.1) is 12.7 Å². The van der Waals surface area contributed by atoms with Gasteiger partial charge in [0, 0.05) is 10.9 Å². The van der Waals surface area contributed by atoms with Gasteiger partial charge in [0.2, 0.25) is 0 Å². The lowest BCUT2D eigenvalue weighted by Crippen LogP contribution is -2.18. The van der Waals surface area contributed by atoms with Crippen molar-refractivity contribution in [3.8, 4) is 11.3 Å². The van der Waals surface area contributed by atoms with Crippen LogP contribution < -0.4 is 5.43 Å². The minimum absolute atomic E-state index is 0.355. The average Bonchev–Trinajstić information content (AvgIpc) is 2.73. The van der Waals surface area contributed by atoms with E-state index in [1.165, 1.54) is 18.3 Å². The summed E-state index contributed by atoms with van der Waals surface area (Å²) in [4.78, 5) is 17.6. The number of fused-ring (bicyclic) bond motifs is 1. The molecule has 0 spiro atoms. The molecule has 4 nitrogen and oxygen atoms in total. The van der Waals surface area contributed by atoms with Crippen LogP contribution in [-0.4, -0.2) is 17.1 Å². The van der Waals surface area contributed by atoms with Crippen molar-refractivity contribution in [1.82, 2.24) is 10.4 Å². The predicted molar refractivity (Wildman–Crippen MR) is 113 cm³/mol. The molecular weight excluding hydrogens is 365 g/mol. The smallest absolute Gasteiger partial charge is 0.267 e. The molecule has 0 fully saturated rings. The Labute approximate surface area is 167 Å². The zero-order valence-corrected chi connectivity index (χ0v) is 15.8. The topological polar surface area (TPSA) is 54.4 Å². The summed E-state index contributed by atoms with van der Waals surface area (Å²) in [5.41, 5.74) is 7.07. The summed E-state index contributed by atoms with van der Waals surface area (Å²) >= 11 is 0. The highest BCUT2D eigenvalue weighted by atomic mass is 19.1. The lowest BCUT2D eigenvalue weighted by Gasteiger charge is -2.10. The van der Waals surface area contributed by atoms with Crippen molar-refractivity contribution < 1.29 is 9.18 Å². The summed E-state index contributed by atoms with van der Waals surface area (Å²) < 4.78 is 13.3. The van der Waals surface area contributed by atoms with Crippen molar-refractivity contribution in [2.24, 2.45) is 5.10 Å². The van der Waals surface area contributed by atoms with Gasteiger partial charge >= 0.3 is 0 Å². The quantitative estimate of drug-likeness (QED) is 0.393. The Morgan fingerprint density at radius 1 is 1.00 bits per heavy atom. The van der Waals surface area contributed by atoms with E-state index in [0.717, 1.165) is 27.7 Å². The Kier molecular flexibility index (Phi) is 5.12. The number of para-hydroxylation sites is 1. The van der Waals surface area contributed by atoms with E-state index in [-0.39, 0.29) is 11.7 Å². The molecule has 0 atom stereocenters. The van der Waals surface area contributed by atoms with Crippen LogP contribution >= 0.6 is 0 Å². The van der Waals surface area contributed by atoms with Crippen LogP contribution in [0.3, 0.4) is 0 Å². The second-order valence-corrected chi connectivity index (χ2v) is 6.64. The molecule has 0 saturated carbocycles. The molecule has 1 heterocycles. The van der Waals surface area contributed by atoms with Gasteiger partial charge in [-0.25, -0.2) is 14.8 Å². The molecule has 1 aromatic heterocycles. The van der Waals surface area contributed by atoms with Gasteiger partial charge in [-0.1, -0.05) is 54.6 Å². The van der Waals surface area contributed by atoms with E-state index < -0.39 is 0 Å². The van der Waals surface area contributed by atoms with Gasteiger partial charge in [0.05, 0.1) is 23.0 Å². The van der Waals surface area contributed by atoms with E-state index in [1.807, 2.05) is 55.5 Å². The Morgan fingerprint density at radius 3 is 2.62 bits per heavy atom. The maximum Gasteiger partial charge on any atom is 0.272 e. The van der Waals surface area contributed by atoms with Crippen molar-refractivity contribution in [2.45, 2.75) is 6.92 Å². The number of benzene rings is 3. The van der Waals surface area contributed by atoms with E-state index in [9.17, 15) is 9.18 Å². The van der Waals surface area contributed by atoms with Gasteiger partial charge in [0.15, 0.2) is 0 Å². The number of nitrogens with zero attached hydrogens (tertiary/aromatic N) is 2. The molecule has 0 aliphatic rings. The van der Waals surface area contributed by atoms with E-state index in [1.54, 1.807) is 18.2 Å². The minimum atomic E-state index is -0.358. The summed E-state index contributed by atoms with van der Waals surface area (Å²) in [6.07, 6.45) is 1.41. The maximum atomic E-state index is 13.3. The third-order valence-electron chi connectivity index (χ3n) is 4.61. The molecule has 3 aromatic carbocycles. The standard InChI is InChI=1S/C24H18FN3O/c1-16-7-2-3-10-19(16)23-14-21(20-11-4-5-12-22(20)27-23)24(29)28-26-15-17-8-6-9-18(25)13-17/h2-15H,1H3,(H,28,29)/b26-15-. The van der Waals surface area contributed by atoms with Crippen LogP contribution in [-0.2, 0) is 0 Å². The summed E-state index contributed by atoms with van der Waals surface area (Å²) in [6, 6.07) is 23.2. The fourth-order valence-electron chi connectivity index (χ4n) is 3.17. The number of aryl methyl sites for hydroxylation is 1. The van der Waals surface area contributed by atoms with E-state index in [2.05, 4.69) is 10.5 Å². The molecule has 1 N–H and O–H groups in total. The van der Waals surface area contributed by atoms with Gasteiger partial charge in [-0.05, 0) is 42.3 Å². The first kappa shape index (κ1) is 18.5. The van der Waals surface area contributed by atoms with Gasteiger partial charge < -0.3 is 0 Å². The molecule has 0 radical (unpaired) electrons. The van der Waals surface area contributed by atoms with E-state index in [4.69, 9.17) is 4.98 Å². The zero-order valence-electron chi connectivity index (χ0n) is 15.8. The molecule has 5 heteroatoms. The van der Waals surface area contributed by atoms with Crippen LogP contribution in [0.1, 0.15) is 21.5 Å². The predicted octanol–water partition coefficient (Wildman–Crippen LogP) is 5.11. The highest BCUT2D eigenvalue weighted by Gasteiger charge is 2.14. The number of aromatic nitrogens is 1. The molecule has 4 rings (SSSR count). The van der Waals surface area contributed by atoms with Crippen LogP contribution in [0.5, 0.6) is 0 Å². The second kappa shape index (κ2) is 8.02. The number of amides is 1. The third-order valence-corrected chi connectivity index (χ3v) is 4.61. The summed E-state index contributed by atoms with van der Waals surface area (Å²) in [5.74, 6) is -0.714. The number of hydrazone groups is 1. The number of halogens is 1. The van der Waals surface area contributed by atoms with E-state index in [0.29, 0.717) is 11.1 Å². The number of pyridine rings is 1. The molecule has 0 bridgehead atoms. The first-order valence-corrected chi connectivity index (χ1v) is 9.16. The lowest BCUT2D eigenvalue weighted by atomic mass is 10.0. The first-order valence-electron chi connectivity index (χ1n) is 9.16. The highest BCUT2D eigenvalue weighted by molar-refractivity contribution is 6.07. The number of carbonyl (C=O) groups excluding carboxylic acids is 1. The van der Waals surface area contributed by atoms with Gasteiger partial charge in [0.1, 0.15) is 5.82 Å². The number of rotatable bonds is 4. The van der Waals surface area contributed by atoms with Gasteiger partial charge in [-0.15, -0.1) is 0 Å². The fraction of sp³-hybridized carbons (Fsp3) is 0.0417. The molecule has 1 amide bonds. The summed E-state index contributed by atoms with van der Waals surface area (Å²) in [5, 5.41) is 4.71. The number of hydrogen-bond donors (Lipinski definition) is 1. The Bertz CT molecular complexity index is 1230. The van der Waals surface area contributed by atoms with Crippen LogP contribution in [0.25, 0.3) is 22.2 Å². The monoisotopic (exact) mass is 383 g/mol. The molecule has 0 aliphatic carbocycles. The minimum Gasteiger partial charge on any atom is -0.267 e. The Hall–Kier alpha value is -3.86. The summed E-state index contributed by atoms with van der Waals surface area (Å²) in [6.45, 7) is 2.01. The zero-order chi connectivity index (χ0) is 20.2. The molecule has 142 valence electrons. The van der Waals surface area contributed by atoms with Gasteiger partial charge in [-0.3, -0.25) is 4.79 Å². The van der Waals surface area contributed by atoms with Crippen molar-refractivity contribution in [1.29, 1.82) is 0 Å². The fourth-order valence-corrected chi connectivity index (χ4v) is 3.17. The molecule has 29 heavy (non-hydrogen) atoms. The number of hydrogen-bond acceptors (Lipinski definition) is 3. The molecular formula is C24H18FN3O. The van der Waals surface area contributed by atoms with Crippen LogP contribution in [0.2, 0.25) is 0 Å². The van der Waals surface area contributed by atoms with Crippen molar-refractivity contribution in [3.05, 3.63) is 101 Å². The largest absolute Gasteiger partial charge is 0.272 e. The van der Waals surface area contributed by atoms with Crippen molar-refractivity contribution >= 4 is 23.0 Å². The average molecular weight is 383 g/mol. The Balaban J connectivity index is 1.70. The summed E-state index contributed by atoms with van der Waals surface area (Å²) in [7, 11) is 0. The van der Waals surface area contributed by atoms with Crippen molar-refractivity contribution in [2.75, 3.05) is 0 Å². The Morgan fingerprint density at radius 2 is 1.79 bits per heavy atom. The molecule has 0 unspecified atom stereocenters.